The van der Waals surface area contributed by atoms with Gasteiger partial charge < -0.3 is 21.3 Å². The minimum absolute atomic E-state index is 0.0137. The van der Waals surface area contributed by atoms with Crippen LogP contribution in [-0.4, -0.2) is 58.6 Å². The summed E-state index contributed by atoms with van der Waals surface area (Å²) >= 11 is 0. The molecule has 0 aliphatic rings. The maximum atomic E-state index is 13.9. The Hall–Kier alpha value is -3.42. The Morgan fingerprint density at radius 2 is 0.833 bits per heavy atom. The zero-order chi connectivity index (χ0) is 40.5. The number of benzene rings is 1. The van der Waals surface area contributed by atoms with Crippen molar-refractivity contribution in [1.82, 2.24) is 9.80 Å². The molecular formula is C46H78N4O4. The van der Waals surface area contributed by atoms with Crippen LogP contribution in [0.15, 0.2) is 36.4 Å². The van der Waals surface area contributed by atoms with Crippen LogP contribution in [0.2, 0.25) is 0 Å². The number of carbonyl (C=O) groups is 4. The van der Waals surface area contributed by atoms with E-state index in [4.69, 9.17) is 11.5 Å². The van der Waals surface area contributed by atoms with Gasteiger partial charge in [-0.3, -0.25) is 19.2 Å². The first-order valence-electron chi connectivity index (χ1n) is 21.6. The number of amides is 4. The van der Waals surface area contributed by atoms with Crippen LogP contribution in [0.25, 0.3) is 12.2 Å². The van der Waals surface area contributed by atoms with Gasteiger partial charge in [-0.25, -0.2) is 0 Å². The number of unbranched alkanes of at least 4 members (excludes halogenated alkanes) is 4. The largest absolute Gasteiger partial charge is 0.368 e. The zero-order valence-electron chi connectivity index (χ0n) is 35.5. The minimum atomic E-state index is -0.647. The second-order valence-electron chi connectivity index (χ2n) is 15.5. The number of nitrogens with two attached hydrogens (primary N) is 2. The molecule has 0 radical (unpaired) electrons. The van der Waals surface area contributed by atoms with E-state index in [1.807, 2.05) is 24.3 Å². The molecule has 1 rings (SSSR count). The van der Waals surface area contributed by atoms with Crippen LogP contribution in [0.3, 0.4) is 0 Å². The van der Waals surface area contributed by atoms with E-state index < -0.39 is 23.9 Å². The highest BCUT2D eigenvalue weighted by Gasteiger charge is 2.35. The van der Waals surface area contributed by atoms with E-state index in [0.717, 1.165) is 114 Å². The molecule has 54 heavy (non-hydrogen) atoms. The van der Waals surface area contributed by atoms with Crippen molar-refractivity contribution in [2.75, 3.05) is 13.1 Å². The highest BCUT2D eigenvalue weighted by molar-refractivity contribution is 5.96. The van der Waals surface area contributed by atoms with Crippen molar-refractivity contribution in [3.63, 3.8) is 0 Å². The van der Waals surface area contributed by atoms with Gasteiger partial charge in [0.05, 0.1) is 0 Å². The van der Waals surface area contributed by atoms with Crippen LogP contribution in [-0.2, 0) is 19.2 Å². The van der Waals surface area contributed by atoms with Crippen molar-refractivity contribution < 1.29 is 19.2 Å². The predicted octanol–water partition coefficient (Wildman–Crippen LogP) is 9.94. The van der Waals surface area contributed by atoms with Crippen LogP contribution in [0.5, 0.6) is 0 Å². The van der Waals surface area contributed by atoms with Gasteiger partial charge in [0.25, 0.3) is 0 Å². The number of hydrogen-bond donors (Lipinski definition) is 2. The third kappa shape index (κ3) is 16.9. The van der Waals surface area contributed by atoms with Gasteiger partial charge in [0.1, 0.15) is 12.1 Å². The fourth-order valence-electron chi connectivity index (χ4n) is 7.70. The Morgan fingerprint density at radius 3 is 1.09 bits per heavy atom. The average Bonchev–Trinajstić information content (AvgIpc) is 3.17. The molecule has 0 saturated heterocycles. The van der Waals surface area contributed by atoms with E-state index in [2.05, 4.69) is 55.4 Å². The van der Waals surface area contributed by atoms with Crippen molar-refractivity contribution in [1.29, 1.82) is 0 Å². The van der Waals surface area contributed by atoms with E-state index in [1.165, 1.54) is 0 Å². The van der Waals surface area contributed by atoms with Crippen LogP contribution in [0, 0.1) is 23.7 Å². The van der Waals surface area contributed by atoms with Gasteiger partial charge in [0.15, 0.2) is 0 Å². The number of nitrogens with zero attached hydrogens (tertiary/aromatic N) is 2. The lowest BCUT2D eigenvalue weighted by atomic mass is 9.88. The molecule has 4 amide bonds. The smallest absolute Gasteiger partial charge is 0.247 e. The predicted molar refractivity (Wildman–Crippen MR) is 227 cm³/mol. The first-order chi connectivity index (χ1) is 26.0. The molecule has 8 nitrogen and oxygen atoms in total. The summed E-state index contributed by atoms with van der Waals surface area (Å²) in [6.07, 6.45) is 22.2. The first kappa shape index (κ1) is 48.6. The normalized spacial score (nSPS) is 15.1. The van der Waals surface area contributed by atoms with Gasteiger partial charge in [-0.1, -0.05) is 157 Å². The molecule has 0 saturated carbocycles. The van der Waals surface area contributed by atoms with Gasteiger partial charge in [-0.15, -0.1) is 0 Å². The molecule has 1 aromatic carbocycles. The molecule has 0 spiro atoms. The molecule has 0 heterocycles. The Labute approximate surface area is 329 Å². The van der Waals surface area contributed by atoms with Crippen molar-refractivity contribution in [2.24, 2.45) is 35.1 Å². The van der Waals surface area contributed by atoms with E-state index in [0.29, 0.717) is 24.9 Å². The van der Waals surface area contributed by atoms with E-state index in [1.54, 1.807) is 34.1 Å². The van der Waals surface area contributed by atoms with Gasteiger partial charge in [-0.05, 0) is 72.6 Å². The summed E-state index contributed by atoms with van der Waals surface area (Å²) in [6.45, 7) is 18.1. The molecule has 6 unspecified atom stereocenters. The van der Waals surface area contributed by atoms with Gasteiger partial charge >= 0.3 is 0 Å². The van der Waals surface area contributed by atoms with Gasteiger partial charge in [0, 0.05) is 25.2 Å². The van der Waals surface area contributed by atoms with E-state index in [9.17, 15) is 19.2 Å². The molecule has 4 N–H and O–H groups in total. The molecular weight excluding hydrogens is 673 g/mol. The van der Waals surface area contributed by atoms with Crippen LogP contribution < -0.4 is 11.5 Å². The first-order valence-corrected chi connectivity index (χ1v) is 21.6. The molecule has 0 fully saturated rings. The quantitative estimate of drug-likeness (QED) is 0.0759. The van der Waals surface area contributed by atoms with Gasteiger partial charge in [-0.2, -0.15) is 0 Å². The minimum Gasteiger partial charge on any atom is -0.368 e. The number of rotatable bonds is 30. The zero-order valence-corrected chi connectivity index (χ0v) is 35.5. The SMILES string of the molecule is CCCCC(CC)CN(C(=O)C=Cc1ccc(C=CC(=O)N(CC(CC)CCCC)C(C(N)=O)C(CC)CCCC)cc1)C(C(N)=O)C(CC)CCCC. The summed E-state index contributed by atoms with van der Waals surface area (Å²) in [6, 6.07) is 6.36. The number of carbonyl (C=O) groups excluding carboxylic acids is 4. The molecule has 0 bridgehead atoms. The maximum Gasteiger partial charge on any atom is 0.247 e. The Balaban J connectivity index is 3.38. The summed E-state index contributed by atoms with van der Waals surface area (Å²) in [5, 5.41) is 0. The Morgan fingerprint density at radius 1 is 0.519 bits per heavy atom. The summed E-state index contributed by atoms with van der Waals surface area (Å²) in [5.74, 6) is -0.650. The van der Waals surface area contributed by atoms with Crippen LogP contribution in [0.1, 0.15) is 169 Å². The lowest BCUT2D eigenvalue weighted by molar-refractivity contribution is -0.138. The summed E-state index contributed by atoms with van der Waals surface area (Å²) in [4.78, 5) is 57.3. The fourth-order valence-corrected chi connectivity index (χ4v) is 7.70. The number of hydrogen-bond acceptors (Lipinski definition) is 4. The van der Waals surface area contributed by atoms with Crippen molar-refractivity contribution in [3.8, 4) is 0 Å². The summed E-state index contributed by atoms with van der Waals surface area (Å²) < 4.78 is 0. The van der Waals surface area contributed by atoms with Gasteiger partial charge in [0.2, 0.25) is 23.6 Å². The highest BCUT2D eigenvalue weighted by Crippen LogP contribution is 2.27. The molecule has 0 aliphatic carbocycles. The second-order valence-corrected chi connectivity index (χ2v) is 15.5. The number of primary amides is 2. The third-order valence-corrected chi connectivity index (χ3v) is 11.4. The topological polar surface area (TPSA) is 127 Å². The Kier molecular flexibility index (Phi) is 25.3. The van der Waals surface area contributed by atoms with Crippen molar-refractivity contribution in [3.05, 3.63) is 47.5 Å². The monoisotopic (exact) mass is 751 g/mol. The van der Waals surface area contributed by atoms with Crippen molar-refractivity contribution in [2.45, 2.75) is 170 Å². The standard InChI is InChI=1S/C46H78N4O4/c1-9-17-21-35(13-5)33-49(43(45(47)53)39(15-7)23-19-11-3)41(51)31-29-37-25-27-38(28-26-37)30-32-42(52)50(34-36(14-6)22-18-10-2)44(46(48)54)40(16-8)24-20-12-4/h25-32,35-36,39-40,43-44H,9-24,33-34H2,1-8H3,(H2,47,53)(H2,48,54). The maximum absolute atomic E-state index is 13.9. The third-order valence-electron chi connectivity index (χ3n) is 11.4. The van der Waals surface area contributed by atoms with E-state index in [-0.39, 0.29) is 23.7 Å². The second kappa shape index (κ2) is 28.1. The van der Waals surface area contributed by atoms with Crippen molar-refractivity contribution >= 4 is 35.8 Å². The molecule has 1 aromatic rings. The average molecular weight is 751 g/mol. The summed E-state index contributed by atoms with van der Waals surface area (Å²) in [7, 11) is 0. The van der Waals surface area contributed by atoms with E-state index >= 15 is 0 Å². The Bertz CT molecular complexity index is 1180. The molecule has 8 heteroatoms. The molecule has 0 aliphatic heterocycles. The highest BCUT2D eigenvalue weighted by atomic mass is 16.2. The molecule has 306 valence electrons. The summed E-state index contributed by atoms with van der Waals surface area (Å²) in [5.41, 5.74) is 13.7. The van der Waals surface area contributed by atoms with Crippen LogP contribution in [0.4, 0.5) is 0 Å². The van der Waals surface area contributed by atoms with Crippen LogP contribution >= 0.6 is 0 Å². The lowest BCUT2D eigenvalue weighted by Gasteiger charge is -2.36. The fraction of sp³-hybridized carbons (Fsp3) is 0.696. The molecule has 6 atom stereocenters. The molecule has 0 aromatic heterocycles. The lowest BCUT2D eigenvalue weighted by Crippen LogP contribution is -2.53.